The van der Waals surface area contributed by atoms with Crippen LogP contribution in [-0.4, -0.2) is 0 Å². The first-order chi connectivity index (χ1) is 3.55. The molecule has 0 nitrogen and oxygen atoms in total. The summed E-state index contributed by atoms with van der Waals surface area (Å²) in [4.78, 5) is 0. The quantitative estimate of drug-likeness (QED) is 0.488. The van der Waals surface area contributed by atoms with E-state index < -0.39 is 12.3 Å². The molecule has 0 aliphatic heterocycles. The Hall–Kier alpha value is 0.600. The molecule has 53 valence electrons. The van der Waals surface area contributed by atoms with Crippen LogP contribution in [0.15, 0.2) is 0 Å². The average Bonchev–Trinajstić information content (AvgIpc) is 1.64. The Morgan fingerprint density at radius 1 is 1.33 bits per heavy atom. The molecule has 1 radical (unpaired) electrons. The van der Waals surface area contributed by atoms with Gasteiger partial charge in [0.15, 0.2) is 0 Å². The van der Waals surface area contributed by atoms with Crippen LogP contribution in [0.25, 0.3) is 0 Å². The van der Waals surface area contributed by atoms with Gasteiger partial charge in [-0.1, -0.05) is 19.8 Å². The summed E-state index contributed by atoms with van der Waals surface area (Å²) in [5, 5.41) is 0. The zero-order chi connectivity index (χ0) is 6.73. The molecule has 1 atom stereocenters. The maximum Gasteiger partial charge on any atom is 2.00 e. The molecule has 0 saturated carbocycles. The van der Waals surface area contributed by atoms with E-state index in [1.165, 1.54) is 0 Å². The minimum Gasteiger partial charge on any atom is -0.424 e. The first kappa shape index (κ1) is 12.3. The minimum atomic E-state index is -1.57. The molecule has 0 rings (SSSR count). The maximum atomic E-state index is 11.5. The summed E-state index contributed by atoms with van der Waals surface area (Å²) in [5.41, 5.74) is 0. The second-order valence-corrected chi connectivity index (χ2v) is 2.14. The first-order valence-corrected chi connectivity index (χ1v) is 2.56. The second kappa shape index (κ2) is 5.39. The Labute approximate surface area is 70.5 Å². The molecular weight excluding hydrogens is 203 g/mol. The predicted molar refractivity (Wildman–Crippen MR) is 29.1 cm³/mol. The van der Waals surface area contributed by atoms with Crippen molar-refractivity contribution in [1.82, 2.24) is 0 Å². The van der Waals surface area contributed by atoms with E-state index in [0.717, 1.165) is 0 Å². The molecule has 0 amide bonds. The Kier molecular flexibility index (Phi) is 7.36. The third-order valence-corrected chi connectivity index (χ3v) is 1.09. The number of halogens is 2. The zero-order valence-electron chi connectivity index (χ0n) is 5.56. The third kappa shape index (κ3) is 5.07. The van der Waals surface area contributed by atoms with Crippen molar-refractivity contribution in [2.24, 2.45) is 11.8 Å². The van der Waals surface area contributed by atoms with Crippen molar-refractivity contribution in [3.05, 3.63) is 13.3 Å². The zero-order valence-corrected chi connectivity index (χ0v) is 7.76. The van der Waals surface area contributed by atoms with E-state index in [2.05, 4.69) is 6.92 Å². The van der Waals surface area contributed by atoms with E-state index >= 15 is 0 Å². The molecule has 0 heterocycles. The fraction of sp³-hybridized carbons (Fsp3) is 0.667. The van der Waals surface area contributed by atoms with Gasteiger partial charge in [0.2, 0.25) is 0 Å². The molecule has 0 aromatic heterocycles. The molecule has 0 N–H and O–H groups in total. The van der Waals surface area contributed by atoms with Gasteiger partial charge in [-0.25, -0.2) is 5.92 Å². The summed E-state index contributed by atoms with van der Waals surface area (Å²) in [5.74, 6) is -0.852. The standard InChI is InChI=1S/C6H10F2.Nb/c1-4(2)5(3)6(7)8;/h4-5H,3H2,1-2H3;/q-2;+2. The molecule has 0 spiro atoms. The van der Waals surface area contributed by atoms with Crippen molar-refractivity contribution < 1.29 is 31.2 Å². The number of hydrogen-bond donors (Lipinski definition) is 0. The average molecular weight is 213 g/mol. The van der Waals surface area contributed by atoms with Crippen LogP contribution in [0, 0.1) is 25.2 Å². The molecule has 0 aromatic carbocycles. The monoisotopic (exact) mass is 213 g/mol. The Balaban J connectivity index is 0. The van der Waals surface area contributed by atoms with E-state index in [1.54, 1.807) is 13.8 Å². The van der Waals surface area contributed by atoms with Crippen molar-refractivity contribution in [3.8, 4) is 0 Å². The summed E-state index contributed by atoms with van der Waals surface area (Å²) in [6.07, 6.45) is -1.57. The van der Waals surface area contributed by atoms with Gasteiger partial charge in [0.25, 0.3) is 0 Å². The largest absolute Gasteiger partial charge is 2.00 e. The topological polar surface area (TPSA) is 0 Å². The van der Waals surface area contributed by atoms with Gasteiger partial charge in [0, 0.05) is 0 Å². The van der Waals surface area contributed by atoms with Crippen LogP contribution in [0.1, 0.15) is 13.8 Å². The molecule has 3 heteroatoms. The molecule has 0 saturated heterocycles. The van der Waals surface area contributed by atoms with Gasteiger partial charge in [-0.15, -0.1) is 0 Å². The molecule has 0 aromatic rings. The second-order valence-electron chi connectivity index (χ2n) is 2.14. The Bertz CT molecular complexity index is 56.1. The van der Waals surface area contributed by atoms with Crippen molar-refractivity contribution in [2.45, 2.75) is 13.8 Å². The molecule has 1 unspecified atom stereocenters. The van der Waals surface area contributed by atoms with E-state index in [1.807, 2.05) is 0 Å². The van der Waals surface area contributed by atoms with Gasteiger partial charge in [0.1, 0.15) is 0 Å². The third-order valence-electron chi connectivity index (χ3n) is 1.09. The maximum absolute atomic E-state index is 11.5. The van der Waals surface area contributed by atoms with Crippen LogP contribution in [0.5, 0.6) is 0 Å². The van der Waals surface area contributed by atoms with Crippen molar-refractivity contribution >= 4 is 0 Å². The van der Waals surface area contributed by atoms with E-state index in [-0.39, 0.29) is 28.3 Å². The summed E-state index contributed by atoms with van der Waals surface area (Å²) in [6.45, 7) is 6.69. The summed E-state index contributed by atoms with van der Waals surface area (Å²) in [7, 11) is 0. The fourth-order valence-corrected chi connectivity index (χ4v) is 0.252. The summed E-state index contributed by atoms with van der Waals surface area (Å²) < 4.78 is 23.1. The number of hydrogen-bond acceptors (Lipinski definition) is 0. The van der Waals surface area contributed by atoms with Crippen LogP contribution in [0.3, 0.4) is 0 Å². The van der Waals surface area contributed by atoms with Gasteiger partial charge in [-0.05, 0) is 6.43 Å². The molecule has 0 fully saturated rings. The van der Waals surface area contributed by atoms with Crippen LogP contribution in [-0.2, 0) is 22.4 Å². The minimum absolute atomic E-state index is 0. The Morgan fingerprint density at radius 2 is 1.67 bits per heavy atom. The van der Waals surface area contributed by atoms with Gasteiger partial charge in [-0.3, -0.25) is 0 Å². The van der Waals surface area contributed by atoms with Gasteiger partial charge in [0.05, 0.1) is 0 Å². The summed E-state index contributed by atoms with van der Waals surface area (Å²) >= 11 is 0. The van der Waals surface area contributed by atoms with E-state index in [0.29, 0.717) is 0 Å². The van der Waals surface area contributed by atoms with E-state index in [4.69, 9.17) is 0 Å². The van der Waals surface area contributed by atoms with Crippen LogP contribution >= 0.6 is 0 Å². The van der Waals surface area contributed by atoms with E-state index in [9.17, 15) is 8.78 Å². The predicted octanol–water partition coefficient (Wildman–Crippen LogP) is 2.52. The molecule has 0 aliphatic rings. The smallest absolute Gasteiger partial charge is 0.424 e. The normalized spacial score (nSPS) is 13.7. The van der Waals surface area contributed by atoms with Gasteiger partial charge in [-0.2, -0.15) is 0 Å². The van der Waals surface area contributed by atoms with Crippen molar-refractivity contribution in [3.63, 3.8) is 0 Å². The number of rotatable bonds is 2. The molecule has 9 heavy (non-hydrogen) atoms. The molecule has 0 bridgehead atoms. The molecular formula is C6H10F2Nb. The van der Waals surface area contributed by atoms with Crippen molar-refractivity contribution in [2.75, 3.05) is 0 Å². The van der Waals surface area contributed by atoms with Gasteiger partial charge >= 0.3 is 22.4 Å². The first-order valence-electron chi connectivity index (χ1n) is 2.56. The Morgan fingerprint density at radius 3 is 1.67 bits per heavy atom. The SMILES string of the molecule is [CH2-]C([C-](F)F)C(C)C.[Nb+2]. The fourth-order valence-electron chi connectivity index (χ4n) is 0.252. The van der Waals surface area contributed by atoms with Crippen molar-refractivity contribution in [1.29, 1.82) is 0 Å². The van der Waals surface area contributed by atoms with Crippen LogP contribution in [0.4, 0.5) is 8.78 Å². The van der Waals surface area contributed by atoms with Crippen LogP contribution in [0.2, 0.25) is 0 Å². The van der Waals surface area contributed by atoms with Crippen LogP contribution < -0.4 is 0 Å². The molecule has 0 aliphatic carbocycles. The summed E-state index contributed by atoms with van der Waals surface area (Å²) in [6, 6.07) is 0. The van der Waals surface area contributed by atoms with Gasteiger partial charge < -0.3 is 15.7 Å².